The highest BCUT2D eigenvalue weighted by Gasteiger charge is 2.27. The van der Waals surface area contributed by atoms with Gasteiger partial charge >= 0.3 is 0 Å². The van der Waals surface area contributed by atoms with E-state index in [0.29, 0.717) is 29.2 Å². The van der Waals surface area contributed by atoms with Crippen LogP contribution in [0, 0.1) is 11.3 Å². The summed E-state index contributed by atoms with van der Waals surface area (Å²) in [7, 11) is -3.55. The van der Waals surface area contributed by atoms with Gasteiger partial charge in [-0.1, -0.05) is 18.6 Å². The lowest BCUT2D eigenvalue weighted by Crippen LogP contribution is -2.35. The molecule has 1 saturated heterocycles. The summed E-state index contributed by atoms with van der Waals surface area (Å²) in [5.74, 6) is -0.423. The van der Waals surface area contributed by atoms with Gasteiger partial charge in [0.2, 0.25) is 10.0 Å². The van der Waals surface area contributed by atoms with Crippen molar-refractivity contribution in [2.24, 2.45) is 0 Å². The lowest BCUT2D eigenvalue weighted by atomic mass is 10.2. The van der Waals surface area contributed by atoms with Crippen LogP contribution < -0.4 is 5.32 Å². The van der Waals surface area contributed by atoms with Gasteiger partial charge in [-0.2, -0.15) is 9.57 Å². The maximum atomic E-state index is 12.6. The molecule has 0 aliphatic carbocycles. The fourth-order valence-corrected chi connectivity index (χ4v) is 5.37. The Kier molecular flexibility index (Phi) is 5.18. The second-order valence-electron chi connectivity index (χ2n) is 5.72. The number of nitrogens with one attached hydrogen (secondary N) is 1. The highest BCUT2D eigenvalue weighted by atomic mass is 32.2. The van der Waals surface area contributed by atoms with Crippen molar-refractivity contribution in [1.29, 1.82) is 5.26 Å². The molecule has 2 heterocycles. The fraction of sp³-hybridized carbons (Fsp3) is 0.294. The van der Waals surface area contributed by atoms with E-state index in [0.717, 1.165) is 30.6 Å². The molecule has 3 rings (SSSR count). The van der Waals surface area contributed by atoms with Crippen LogP contribution in [0.15, 0.2) is 40.6 Å². The summed E-state index contributed by atoms with van der Waals surface area (Å²) in [5.41, 5.74) is 0.761. The second-order valence-corrected chi connectivity index (χ2v) is 8.57. The maximum Gasteiger partial charge on any atom is 0.265 e. The van der Waals surface area contributed by atoms with Crippen molar-refractivity contribution in [3.05, 3.63) is 46.2 Å². The van der Waals surface area contributed by atoms with Crippen LogP contribution in [-0.4, -0.2) is 31.7 Å². The van der Waals surface area contributed by atoms with Gasteiger partial charge in [0.1, 0.15) is 6.07 Å². The maximum absolute atomic E-state index is 12.6. The van der Waals surface area contributed by atoms with E-state index in [4.69, 9.17) is 5.26 Å². The summed E-state index contributed by atoms with van der Waals surface area (Å²) >= 11 is 1.08. The second kappa shape index (κ2) is 7.35. The number of nitrogens with zero attached hydrogens (tertiary/aromatic N) is 2. The minimum atomic E-state index is -3.55. The SMILES string of the molecule is N#Cc1ccccc1NC(=O)c1cc(S(=O)(=O)N2CCCCC2)cs1. The van der Waals surface area contributed by atoms with Crippen LogP contribution >= 0.6 is 11.3 Å². The average Bonchev–Trinajstić information content (AvgIpc) is 3.14. The number of anilines is 1. The Morgan fingerprint density at radius 3 is 2.64 bits per heavy atom. The van der Waals surface area contributed by atoms with Crippen molar-refractivity contribution in [1.82, 2.24) is 4.31 Å². The third-order valence-corrected chi connectivity index (χ3v) is 7.00. The normalized spacial score (nSPS) is 15.5. The quantitative estimate of drug-likeness (QED) is 0.889. The summed E-state index contributed by atoms with van der Waals surface area (Å²) < 4.78 is 26.8. The van der Waals surface area contributed by atoms with Gasteiger partial charge in [-0.3, -0.25) is 4.79 Å². The van der Waals surface area contributed by atoms with Crippen LogP contribution in [0.2, 0.25) is 0 Å². The minimum Gasteiger partial charge on any atom is -0.320 e. The van der Waals surface area contributed by atoms with Gasteiger partial charge in [0.15, 0.2) is 0 Å². The first-order chi connectivity index (χ1) is 12.0. The first kappa shape index (κ1) is 17.6. The number of thiophene rings is 1. The lowest BCUT2D eigenvalue weighted by molar-refractivity contribution is 0.103. The Morgan fingerprint density at radius 2 is 1.92 bits per heavy atom. The Balaban J connectivity index is 1.79. The molecule has 130 valence electrons. The van der Waals surface area contributed by atoms with Crippen LogP contribution in [0.1, 0.15) is 34.5 Å². The molecule has 1 aliphatic rings. The summed E-state index contributed by atoms with van der Waals surface area (Å²) in [6.07, 6.45) is 2.77. The molecule has 0 bridgehead atoms. The molecule has 0 unspecified atom stereocenters. The molecular formula is C17H17N3O3S2. The molecule has 1 aromatic heterocycles. The summed E-state index contributed by atoms with van der Waals surface area (Å²) in [5, 5.41) is 13.2. The highest BCUT2D eigenvalue weighted by Crippen LogP contribution is 2.26. The molecule has 6 nitrogen and oxygen atoms in total. The zero-order valence-electron chi connectivity index (χ0n) is 13.4. The molecule has 0 radical (unpaired) electrons. The van der Waals surface area contributed by atoms with E-state index < -0.39 is 15.9 Å². The molecule has 1 amide bonds. The molecule has 0 saturated carbocycles. The Labute approximate surface area is 150 Å². The summed E-state index contributed by atoms with van der Waals surface area (Å²) in [6.45, 7) is 1.05. The monoisotopic (exact) mass is 375 g/mol. The molecular weight excluding hydrogens is 358 g/mol. The van der Waals surface area contributed by atoms with Gasteiger partial charge < -0.3 is 5.32 Å². The Hall–Kier alpha value is -2.21. The number of para-hydroxylation sites is 1. The van der Waals surface area contributed by atoms with E-state index in [-0.39, 0.29) is 4.90 Å². The van der Waals surface area contributed by atoms with Gasteiger partial charge in [0.05, 0.1) is 21.0 Å². The zero-order chi connectivity index (χ0) is 17.9. The van der Waals surface area contributed by atoms with Gasteiger partial charge in [-0.25, -0.2) is 8.42 Å². The number of sulfonamides is 1. The van der Waals surface area contributed by atoms with Crippen LogP contribution in [0.25, 0.3) is 0 Å². The van der Waals surface area contributed by atoms with E-state index in [9.17, 15) is 13.2 Å². The molecule has 25 heavy (non-hydrogen) atoms. The standard InChI is InChI=1S/C17H17N3O3S2/c18-11-13-6-2-3-7-15(13)19-17(21)16-10-14(12-24-16)25(22,23)20-8-4-1-5-9-20/h2-3,6-7,10,12H,1,4-5,8-9H2,(H,19,21). The number of amides is 1. The van der Waals surface area contributed by atoms with Crippen molar-refractivity contribution in [2.45, 2.75) is 24.2 Å². The first-order valence-electron chi connectivity index (χ1n) is 7.91. The van der Waals surface area contributed by atoms with Gasteiger partial charge in [0.25, 0.3) is 5.91 Å². The van der Waals surface area contributed by atoms with Crippen molar-refractivity contribution >= 4 is 33.0 Å². The number of hydrogen-bond donors (Lipinski definition) is 1. The van der Waals surface area contributed by atoms with Gasteiger partial charge in [0, 0.05) is 18.5 Å². The summed E-state index contributed by atoms with van der Waals surface area (Å²) in [6, 6.07) is 10.1. The van der Waals surface area contributed by atoms with E-state index in [1.165, 1.54) is 15.8 Å². The van der Waals surface area contributed by atoms with E-state index in [2.05, 4.69) is 5.32 Å². The third-order valence-electron chi connectivity index (χ3n) is 4.05. The molecule has 1 aromatic carbocycles. The minimum absolute atomic E-state index is 0.151. The predicted molar refractivity (Wildman–Crippen MR) is 96.0 cm³/mol. The van der Waals surface area contributed by atoms with E-state index in [1.54, 1.807) is 24.3 Å². The van der Waals surface area contributed by atoms with Crippen molar-refractivity contribution < 1.29 is 13.2 Å². The number of piperidine rings is 1. The first-order valence-corrected chi connectivity index (χ1v) is 10.2. The molecule has 0 atom stereocenters. The Morgan fingerprint density at radius 1 is 1.20 bits per heavy atom. The third kappa shape index (κ3) is 3.74. The molecule has 8 heteroatoms. The van der Waals surface area contributed by atoms with Crippen LogP contribution in [0.5, 0.6) is 0 Å². The molecule has 1 aliphatic heterocycles. The van der Waals surface area contributed by atoms with Crippen molar-refractivity contribution in [3.63, 3.8) is 0 Å². The fourth-order valence-electron chi connectivity index (χ4n) is 2.70. The van der Waals surface area contributed by atoms with Crippen molar-refractivity contribution in [3.8, 4) is 6.07 Å². The molecule has 2 aromatic rings. The van der Waals surface area contributed by atoms with E-state index in [1.807, 2.05) is 6.07 Å². The van der Waals surface area contributed by atoms with Crippen molar-refractivity contribution in [2.75, 3.05) is 18.4 Å². The number of carbonyl (C=O) groups excluding carboxylic acids is 1. The number of hydrogen-bond acceptors (Lipinski definition) is 5. The topological polar surface area (TPSA) is 90.3 Å². The van der Waals surface area contributed by atoms with Gasteiger partial charge in [-0.05, 0) is 31.0 Å². The van der Waals surface area contributed by atoms with E-state index >= 15 is 0 Å². The largest absolute Gasteiger partial charge is 0.320 e. The zero-order valence-corrected chi connectivity index (χ0v) is 15.1. The highest BCUT2D eigenvalue weighted by molar-refractivity contribution is 7.89. The van der Waals surface area contributed by atoms with Crippen LogP contribution in [-0.2, 0) is 10.0 Å². The number of rotatable bonds is 4. The summed E-state index contributed by atoms with van der Waals surface area (Å²) in [4.78, 5) is 12.8. The number of benzene rings is 1. The number of carbonyl (C=O) groups is 1. The van der Waals surface area contributed by atoms with Crippen LogP contribution in [0.3, 0.4) is 0 Å². The smallest absolute Gasteiger partial charge is 0.265 e. The molecule has 1 fully saturated rings. The predicted octanol–water partition coefficient (Wildman–Crippen LogP) is 3.05. The molecule has 0 spiro atoms. The molecule has 1 N–H and O–H groups in total. The lowest BCUT2D eigenvalue weighted by Gasteiger charge is -2.25. The van der Waals surface area contributed by atoms with Crippen LogP contribution in [0.4, 0.5) is 5.69 Å². The van der Waals surface area contributed by atoms with Gasteiger partial charge in [-0.15, -0.1) is 11.3 Å². The average molecular weight is 375 g/mol. The Bertz CT molecular complexity index is 923. The number of nitriles is 1.